The summed E-state index contributed by atoms with van der Waals surface area (Å²) in [6, 6.07) is 5.58. The smallest absolute Gasteiger partial charge is 0.423 e. The first-order valence-electron chi connectivity index (χ1n) is 5.64. The van der Waals surface area contributed by atoms with Crippen LogP contribution in [0.5, 0.6) is 0 Å². The third-order valence-corrected chi connectivity index (χ3v) is 2.88. The third-order valence-electron chi connectivity index (χ3n) is 2.88. The zero-order valence-electron chi connectivity index (χ0n) is 10.3. The molecule has 0 saturated carbocycles. The molecule has 2 N–H and O–H groups in total. The Hall–Kier alpha value is -1.39. The minimum Gasteiger partial charge on any atom is -0.423 e. The second-order valence-electron chi connectivity index (χ2n) is 5.29. The van der Waals surface area contributed by atoms with Crippen molar-refractivity contribution >= 4 is 23.4 Å². The summed E-state index contributed by atoms with van der Waals surface area (Å²) in [5.41, 5.74) is 1.56. The van der Waals surface area contributed by atoms with Gasteiger partial charge in [0, 0.05) is 12.4 Å². The van der Waals surface area contributed by atoms with Crippen LogP contribution in [0, 0.1) is 0 Å². The molecule has 0 amide bonds. The predicted molar refractivity (Wildman–Crippen MR) is 70.3 cm³/mol. The van der Waals surface area contributed by atoms with E-state index in [0.29, 0.717) is 5.46 Å². The van der Waals surface area contributed by atoms with Gasteiger partial charge in [-0.3, -0.25) is 4.98 Å². The minimum atomic E-state index is -1.44. The summed E-state index contributed by atoms with van der Waals surface area (Å²) in [5.74, 6) is 0. The lowest BCUT2D eigenvalue weighted by Gasteiger charge is -2.22. The fourth-order valence-corrected chi connectivity index (χ4v) is 2.00. The normalized spacial score (nSPS) is 11.8. The number of aromatic nitrogens is 1. The summed E-state index contributed by atoms with van der Waals surface area (Å²) >= 11 is 0. The van der Waals surface area contributed by atoms with Gasteiger partial charge in [0.25, 0.3) is 0 Å². The number of pyridine rings is 1. The van der Waals surface area contributed by atoms with E-state index in [1.54, 1.807) is 18.5 Å². The Morgan fingerprint density at radius 2 is 1.88 bits per heavy atom. The van der Waals surface area contributed by atoms with Gasteiger partial charge in [0.05, 0.1) is 0 Å². The van der Waals surface area contributed by atoms with Gasteiger partial charge in [0.1, 0.15) is 0 Å². The molecular formula is C13H16BNO2. The quantitative estimate of drug-likeness (QED) is 0.722. The van der Waals surface area contributed by atoms with Gasteiger partial charge >= 0.3 is 7.12 Å². The summed E-state index contributed by atoms with van der Waals surface area (Å²) in [4.78, 5) is 4.07. The van der Waals surface area contributed by atoms with E-state index < -0.39 is 7.12 Å². The van der Waals surface area contributed by atoms with Gasteiger partial charge in [-0.1, -0.05) is 32.9 Å². The SMILES string of the molecule is CC(C)(C)c1cc(B(O)O)cc2cnccc12. The number of fused-ring (bicyclic) bond motifs is 1. The molecule has 0 fully saturated rings. The molecule has 0 atom stereocenters. The van der Waals surface area contributed by atoms with Gasteiger partial charge in [-0.25, -0.2) is 0 Å². The van der Waals surface area contributed by atoms with Crippen molar-refractivity contribution in [1.82, 2.24) is 4.98 Å². The number of nitrogens with zero attached hydrogens (tertiary/aromatic N) is 1. The first-order valence-corrected chi connectivity index (χ1v) is 5.64. The number of benzene rings is 1. The molecule has 0 aliphatic carbocycles. The molecule has 3 nitrogen and oxygen atoms in total. The first-order chi connectivity index (χ1) is 7.89. The third kappa shape index (κ3) is 2.33. The maximum absolute atomic E-state index is 9.31. The van der Waals surface area contributed by atoms with Crippen LogP contribution in [0.3, 0.4) is 0 Å². The van der Waals surface area contributed by atoms with Crippen molar-refractivity contribution in [3.63, 3.8) is 0 Å². The number of rotatable bonds is 1. The molecule has 17 heavy (non-hydrogen) atoms. The maximum Gasteiger partial charge on any atom is 0.488 e. The molecule has 88 valence electrons. The van der Waals surface area contributed by atoms with Crippen LogP contribution in [-0.2, 0) is 5.41 Å². The lowest BCUT2D eigenvalue weighted by atomic mass is 9.74. The Morgan fingerprint density at radius 3 is 2.47 bits per heavy atom. The highest BCUT2D eigenvalue weighted by atomic mass is 16.4. The summed E-state index contributed by atoms with van der Waals surface area (Å²) in [7, 11) is -1.44. The standard InChI is InChI=1S/C13H16BNO2/c1-13(2,3)12-7-10(14(16)17)6-9-8-15-5-4-11(9)12/h4-8,16-17H,1-3H3. The van der Waals surface area contributed by atoms with E-state index in [9.17, 15) is 10.0 Å². The molecule has 1 heterocycles. The van der Waals surface area contributed by atoms with Gasteiger partial charge < -0.3 is 10.0 Å². The van der Waals surface area contributed by atoms with Crippen LogP contribution in [0.25, 0.3) is 10.8 Å². The molecular weight excluding hydrogens is 213 g/mol. The zero-order valence-corrected chi connectivity index (χ0v) is 10.3. The molecule has 0 bridgehead atoms. The second-order valence-corrected chi connectivity index (χ2v) is 5.29. The molecule has 0 aliphatic heterocycles. The highest BCUT2D eigenvalue weighted by Gasteiger charge is 2.21. The van der Waals surface area contributed by atoms with Crippen molar-refractivity contribution in [2.75, 3.05) is 0 Å². The lowest BCUT2D eigenvalue weighted by molar-refractivity contribution is 0.425. The van der Waals surface area contributed by atoms with Crippen LogP contribution >= 0.6 is 0 Å². The van der Waals surface area contributed by atoms with E-state index in [4.69, 9.17) is 0 Å². The summed E-state index contributed by atoms with van der Waals surface area (Å²) in [5, 5.41) is 20.7. The number of hydrogen-bond donors (Lipinski definition) is 2. The predicted octanol–water partition coefficient (Wildman–Crippen LogP) is 1.21. The van der Waals surface area contributed by atoms with E-state index in [-0.39, 0.29) is 5.41 Å². The van der Waals surface area contributed by atoms with E-state index in [1.165, 1.54) is 0 Å². The fourth-order valence-electron chi connectivity index (χ4n) is 2.00. The fraction of sp³-hybridized carbons (Fsp3) is 0.308. The van der Waals surface area contributed by atoms with Gasteiger partial charge in [0.15, 0.2) is 0 Å². The molecule has 0 spiro atoms. The molecule has 0 unspecified atom stereocenters. The lowest BCUT2D eigenvalue weighted by Crippen LogP contribution is -2.31. The topological polar surface area (TPSA) is 53.4 Å². The minimum absolute atomic E-state index is 0.0511. The molecule has 0 aliphatic rings. The Kier molecular flexibility index (Phi) is 2.93. The van der Waals surface area contributed by atoms with Crippen LogP contribution in [0.1, 0.15) is 26.3 Å². The van der Waals surface area contributed by atoms with E-state index in [0.717, 1.165) is 16.3 Å². The second kappa shape index (κ2) is 4.13. The Balaban J connectivity index is 2.79. The first kappa shape index (κ1) is 12.1. The van der Waals surface area contributed by atoms with Gasteiger partial charge in [-0.15, -0.1) is 0 Å². The average molecular weight is 229 g/mol. The van der Waals surface area contributed by atoms with Crippen molar-refractivity contribution in [3.8, 4) is 0 Å². The van der Waals surface area contributed by atoms with E-state index in [2.05, 4.69) is 25.8 Å². The Morgan fingerprint density at radius 1 is 1.18 bits per heavy atom. The Labute approximate surface area is 101 Å². The van der Waals surface area contributed by atoms with Gasteiger partial charge in [-0.05, 0) is 33.3 Å². The average Bonchev–Trinajstić information content (AvgIpc) is 2.26. The summed E-state index contributed by atoms with van der Waals surface area (Å²) in [6.45, 7) is 6.32. The summed E-state index contributed by atoms with van der Waals surface area (Å²) in [6.07, 6.45) is 3.50. The zero-order chi connectivity index (χ0) is 12.6. The van der Waals surface area contributed by atoms with Crippen molar-refractivity contribution in [2.24, 2.45) is 0 Å². The van der Waals surface area contributed by atoms with Crippen LogP contribution in [0.15, 0.2) is 30.6 Å². The highest BCUT2D eigenvalue weighted by Crippen LogP contribution is 2.28. The molecule has 0 saturated heterocycles. The van der Waals surface area contributed by atoms with Gasteiger partial charge in [0.2, 0.25) is 0 Å². The molecule has 0 radical (unpaired) electrons. The highest BCUT2D eigenvalue weighted by molar-refractivity contribution is 6.59. The largest absolute Gasteiger partial charge is 0.488 e. The molecule has 1 aromatic heterocycles. The van der Waals surface area contributed by atoms with Crippen molar-refractivity contribution in [1.29, 1.82) is 0 Å². The Bertz CT molecular complexity index is 547. The van der Waals surface area contributed by atoms with Gasteiger partial charge in [-0.2, -0.15) is 0 Å². The monoisotopic (exact) mass is 229 g/mol. The van der Waals surface area contributed by atoms with Crippen LogP contribution in [-0.4, -0.2) is 22.2 Å². The molecule has 1 aromatic carbocycles. The van der Waals surface area contributed by atoms with E-state index >= 15 is 0 Å². The molecule has 2 rings (SSSR count). The van der Waals surface area contributed by atoms with Crippen molar-refractivity contribution in [3.05, 3.63) is 36.2 Å². The van der Waals surface area contributed by atoms with Crippen LogP contribution in [0.2, 0.25) is 0 Å². The van der Waals surface area contributed by atoms with E-state index in [1.807, 2.05) is 12.1 Å². The molecule has 2 aromatic rings. The summed E-state index contributed by atoms with van der Waals surface area (Å²) < 4.78 is 0. The number of hydrogen-bond acceptors (Lipinski definition) is 3. The van der Waals surface area contributed by atoms with Crippen molar-refractivity contribution in [2.45, 2.75) is 26.2 Å². The molecule has 4 heteroatoms. The maximum atomic E-state index is 9.31. The van der Waals surface area contributed by atoms with Crippen molar-refractivity contribution < 1.29 is 10.0 Å². The van der Waals surface area contributed by atoms with Crippen LogP contribution in [0.4, 0.5) is 0 Å². The van der Waals surface area contributed by atoms with Crippen LogP contribution < -0.4 is 5.46 Å².